The zero-order chi connectivity index (χ0) is 22.6. The van der Waals surface area contributed by atoms with Crippen LogP contribution >= 0.6 is 0 Å². The minimum atomic E-state index is -1.06. The Hall–Kier alpha value is -2.24. The minimum absolute atomic E-state index is 0.0707. The Labute approximate surface area is 180 Å². The molecule has 31 heavy (non-hydrogen) atoms. The van der Waals surface area contributed by atoms with Crippen molar-refractivity contribution >= 4 is 17.5 Å². The first-order valence-corrected chi connectivity index (χ1v) is 10.2. The number of phenolic OH excluding ortho intramolecular Hbond substituents is 1. The predicted molar refractivity (Wildman–Crippen MR) is 107 cm³/mol. The van der Waals surface area contributed by atoms with Gasteiger partial charge in [-0.1, -0.05) is 12.1 Å². The number of benzene rings is 1. The normalized spacial score (nSPS) is 33.8. The molecule has 3 aliphatic rings. The number of anilines is 1. The van der Waals surface area contributed by atoms with Crippen LogP contribution in [0.2, 0.25) is 0 Å². The van der Waals surface area contributed by atoms with Crippen molar-refractivity contribution in [1.82, 2.24) is 5.32 Å². The van der Waals surface area contributed by atoms with Gasteiger partial charge in [-0.2, -0.15) is 0 Å². The van der Waals surface area contributed by atoms with E-state index in [1.807, 2.05) is 0 Å². The molecule has 0 aliphatic carbocycles. The maximum atomic E-state index is 13.0. The van der Waals surface area contributed by atoms with Gasteiger partial charge in [-0.3, -0.25) is 9.59 Å². The van der Waals surface area contributed by atoms with Crippen molar-refractivity contribution in [2.75, 3.05) is 5.32 Å². The molecule has 10 nitrogen and oxygen atoms in total. The second-order valence-electron chi connectivity index (χ2n) is 8.83. The van der Waals surface area contributed by atoms with Crippen LogP contribution in [0.15, 0.2) is 24.3 Å². The van der Waals surface area contributed by atoms with Gasteiger partial charge in [-0.15, -0.1) is 0 Å². The van der Waals surface area contributed by atoms with Gasteiger partial charge in [-0.25, -0.2) is 0 Å². The van der Waals surface area contributed by atoms with Gasteiger partial charge in [0.1, 0.15) is 30.1 Å². The first kappa shape index (κ1) is 22.0. The van der Waals surface area contributed by atoms with E-state index < -0.39 is 60.1 Å². The molecule has 6 atom stereocenters. The number of para-hydroxylation sites is 2. The molecule has 170 valence electrons. The van der Waals surface area contributed by atoms with Gasteiger partial charge < -0.3 is 39.4 Å². The Bertz CT molecular complexity index is 873. The molecule has 0 saturated carbocycles. The highest BCUT2D eigenvalue weighted by molar-refractivity contribution is 5.98. The zero-order valence-corrected chi connectivity index (χ0v) is 18.1. The predicted octanol–water partition coefficient (Wildman–Crippen LogP) is 1.23. The summed E-state index contributed by atoms with van der Waals surface area (Å²) >= 11 is 0. The fourth-order valence-electron chi connectivity index (χ4n) is 4.00. The van der Waals surface area contributed by atoms with Gasteiger partial charge >= 0.3 is 0 Å². The number of carbonyl (C=O) groups is 2. The van der Waals surface area contributed by atoms with Crippen LogP contribution < -0.4 is 10.6 Å². The number of carbonyl (C=O) groups excluding carboxylic acids is 2. The van der Waals surface area contributed by atoms with E-state index in [2.05, 4.69) is 10.6 Å². The summed E-state index contributed by atoms with van der Waals surface area (Å²) in [6.07, 6.45) is -3.73. The van der Waals surface area contributed by atoms with Crippen molar-refractivity contribution in [3.8, 4) is 5.75 Å². The van der Waals surface area contributed by atoms with Gasteiger partial charge in [0.05, 0.1) is 5.69 Å². The third-order valence-electron chi connectivity index (χ3n) is 5.33. The van der Waals surface area contributed by atoms with Gasteiger partial charge in [-0.05, 0) is 46.8 Å². The molecular formula is C21H28N2O8. The summed E-state index contributed by atoms with van der Waals surface area (Å²) < 4.78 is 29.5. The van der Waals surface area contributed by atoms with Crippen LogP contribution in [-0.2, 0) is 33.3 Å². The van der Waals surface area contributed by atoms with Gasteiger partial charge in [0.25, 0.3) is 5.91 Å². The van der Waals surface area contributed by atoms with E-state index in [4.69, 9.17) is 23.7 Å². The lowest BCUT2D eigenvalue weighted by molar-refractivity contribution is -0.231. The number of rotatable bonds is 4. The van der Waals surface area contributed by atoms with Crippen molar-refractivity contribution in [2.24, 2.45) is 0 Å². The summed E-state index contributed by atoms with van der Waals surface area (Å²) in [5, 5.41) is 15.1. The third-order valence-corrected chi connectivity index (χ3v) is 5.33. The summed E-state index contributed by atoms with van der Waals surface area (Å²) in [4.78, 5) is 25.5. The first-order chi connectivity index (χ1) is 14.5. The number of hydrogen-bond donors (Lipinski definition) is 3. The molecule has 0 radical (unpaired) electrons. The summed E-state index contributed by atoms with van der Waals surface area (Å²) in [5.74, 6) is -2.94. The second-order valence-corrected chi connectivity index (χ2v) is 8.83. The average molecular weight is 436 g/mol. The van der Waals surface area contributed by atoms with Crippen LogP contribution in [0.25, 0.3) is 0 Å². The molecular weight excluding hydrogens is 408 g/mol. The Morgan fingerprint density at radius 2 is 1.58 bits per heavy atom. The van der Waals surface area contributed by atoms with E-state index in [-0.39, 0.29) is 11.4 Å². The van der Waals surface area contributed by atoms with Crippen LogP contribution in [-0.4, -0.2) is 65.2 Å². The maximum absolute atomic E-state index is 13.0. The SMILES string of the molecule is CC(NC(=O)C1OC2OC(C)(C)OC2C2OC(C)(C)OC12)C(=O)Nc1ccccc1O. The van der Waals surface area contributed by atoms with Gasteiger partial charge in [0.2, 0.25) is 5.91 Å². The fraction of sp³-hybridized carbons (Fsp3) is 0.619. The van der Waals surface area contributed by atoms with E-state index in [0.717, 1.165) is 0 Å². The molecule has 0 bridgehead atoms. The third kappa shape index (κ3) is 4.39. The van der Waals surface area contributed by atoms with Gasteiger partial charge in [0, 0.05) is 0 Å². The minimum Gasteiger partial charge on any atom is -0.506 e. The van der Waals surface area contributed by atoms with Crippen LogP contribution in [0.5, 0.6) is 5.75 Å². The molecule has 4 rings (SSSR count). The van der Waals surface area contributed by atoms with E-state index in [9.17, 15) is 14.7 Å². The molecule has 1 aromatic carbocycles. The molecule has 3 fully saturated rings. The van der Waals surface area contributed by atoms with Crippen molar-refractivity contribution in [3.05, 3.63) is 24.3 Å². The molecule has 3 N–H and O–H groups in total. The number of ether oxygens (including phenoxy) is 5. The number of amides is 2. The van der Waals surface area contributed by atoms with Crippen molar-refractivity contribution in [1.29, 1.82) is 0 Å². The lowest BCUT2D eigenvalue weighted by atomic mass is 9.98. The van der Waals surface area contributed by atoms with E-state index in [0.29, 0.717) is 0 Å². The summed E-state index contributed by atoms with van der Waals surface area (Å²) in [6, 6.07) is 5.42. The van der Waals surface area contributed by atoms with Crippen molar-refractivity contribution < 1.29 is 38.4 Å². The van der Waals surface area contributed by atoms with E-state index in [1.165, 1.54) is 13.0 Å². The Balaban J connectivity index is 1.46. The van der Waals surface area contributed by atoms with Crippen LogP contribution in [0.1, 0.15) is 34.6 Å². The highest BCUT2D eigenvalue weighted by Gasteiger charge is 2.62. The zero-order valence-electron chi connectivity index (χ0n) is 18.1. The average Bonchev–Trinajstić information content (AvgIpc) is 3.16. The monoisotopic (exact) mass is 436 g/mol. The molecule has 6 unspecified atom stereocenters. The number of phenols is 1. The Kier molecular flexibility index (Phi) is 5.47. The summed E-state index contributed by atoms with van der Waals surface area (Å²) in [7, 11) is 0. The Morgan fingerprint density at radius 3 is 2.29 bits per heavy atom. The highest BCUT2D eigenvalue weighted by Crippen LogP contribution is 2.44. The number of nitrogens with one attached hydrogen (secondary N) is 2. The summed E-state index contributed by atoms with van der Waals surface area (Å²) in [5.41, 5.74) is 0.249. The molecule has 10 heteroatoms. The van der Waals surface area contributed by atoms with Crippen molar-refractivity contribution in [3.63, 3.8) is 0 Å². The first-order valence-electron chi connectivity index (χ1n) is 10.2. The molecule has 3 heterocycles. The van der Waals surface area contributed by atoms with E-state index >= 15 is 0 Å². The van der Waals surface area contributed by atoms with Gasteiger partial charge in [0.15, 0.2) is 24.0 Å². The topological polar surface area (TPSA) is 125 Å². The van der Waals surface area contributed by atoms with E-state index in [1.54, 1.807) is 45.9 Å². The standard InChI is InChI=1S/C21H28N2O8/c1-10(17(25)23-11-8-6-7-9-12(11)24)22-18(26)15-13-14(29-20(2,3)28-13)16-19(27-15)31-21(4,5)30-16/h6-10,13-16,19,24H,1-5H3,(H,22,26)(H,23,25). The quantitative estimate of drug-likeness (QED) is 0.602. The summed E-state index contributed by atoms with van der Waals surface area (Å²) in [6.45, 7) is 8.54. The maximum Gasteiger partial charge on any atom is 0.252 e. The highest BCUT2D eigenvalue weighted by atomic mass is 16.9. The van der Waals surface area contributed by atoms with Crippen LogP contribution in [0.3, 0.4) is 0 Å². The lowest BCUT2D eigenvalue weighted by Crippen LogP contribution is -2.60. The lowest BCUT2D eigenvalue weighted by Gasteiger charge is -2.36. The number of hydrogen-bond acceptors (Lipinski definition) is 8. The fourth-order valence-corrected chi connectivity index (χ4v) is 4.00. The molecule has 0 aromatic heterocycles. The molecule has 1 aromatic rings. The van der Waals surface area contributed by atoms with Crippen molar-refractivity contribution in [2.45, 2.75) is 82.9 Å². The number of aromatic hydroxyl groups is 1. The molecule has 0 spiro atoms. The van der Waals surface area contributed by atoms with Crippen LogP contribution in [0.4, 0.5) is 5.69 Å². The largest absolute Gasteiger partial charge is 0.506 e. The second kappa shape index (κ2) is 7.72. The number of fused-ring (bicyclic) bond motifs is 3. The smallest absolute Gasteiger partial charge is 0.252 e. The van der Waals surface area contributed by atoms with Crippen LogP contribution in [0, 0.1) is 0 Å². The molecule has 3 aliphatic heterocycles. The molecule has 2 amide bonds. The molecule has 3 saturated heterocycles. The Morgan fingerprint density at radius 1 is 0.968 bits per heavy atom.